The van der Waals surface area contributed by atoms with Crippen molar-refractivity contribution in [2.45, 2.75) is 19.3 Å². The van der Waals surface area contributed by atoms with Gasteiger partial charge in [0, 0.05) is 16.1 Å². The monoisotopic (exact) mass is 301 g/mol. The SMILES string of the molecule is CN(C)CC1=C(c2cc3cc(F)ccc3s2)C2CCC1C2. The molecule has 0 spiro atoms. The van der Waals surface area contributed by atoms with Crippen LogP contribution in [0.4, 0.5) is 4.39 Å². The second kappa shape index (κ2) is 4.92. The summed E-state index contributed by atoms with van der Waals surface area (Å²) in [7, 11) is 4.30. The number of rotatable bonds is 3. The van der Waals surface area contributed by atoms with Gasteiger partial charge in [-0.15, -0.1) is 11.3 Å². The molecule has 3 heteroatoms. The zero-order chi connectivity index (χ0) is 14.6. The van der Waals surface area contributed by atoms with E-state index in [-0.39, 0.29) is 5.82 Å². The molecule has 2 atom stereocenters. The highest BCUT2D eigenvalue weighted by atomic mass is 32.1. The van der Waals surface area contributed by atoms with E-state index >= 15 is 0 Å². The van der Waals surface area contributed by atoms with Crippen LogP contribution in [0.2, 0.25) is 0 Å². The lowest BCUT2D eigenvalue weighted by molar-refractivity contribution is 0.423. The Hall–Kier alpha value is -1.19. The number of hydrogen-bond acceptors (Lipinski definition) is 2. The predicted octanol–water partition coefficient (Wildman–Crippen LogP) is 4.79. The Morgan fingerprint density at radius 1 is 1.19 bits per heavy atom. The molecule has 0 saturated heterocycles. The van der Waals surface area contributed by atoms with Crippen molar-refractivity contribution in [3.63, 3.8) is 0 Å². The molecular formula is C18H20FNS. The molecule has 2 unspecified atom stereocenters. The van der Waals surface area contributed by atoms with Crippen molar-refractivity contribution in [3.8, 4) is 0 Å². The number of benzene rings is 1. The molecule has 2 aliphatic carbocycles. The summed E-state index contributed by atoms with van der Waals surface area (Å²) >= 11 is 1.83. The summed E-state index contributed by atoms with van der Waals surface area (Å²) in [5, 5.41) is 1.05. The minimum Gasteiger partial charge on any atom is -0.305 e. The first-order chi connectivity index (χ1) is 10.1. The lowest BCUT2D eigenvalue weighted by Gasteiger charge is -2.22. The van der Waals surface area contributed by atoms with Crippen molar-refractivity contribution in [3.05, 3.63) is 40.5 Å². The molecule has 1 fully saturated rings. The van der Waals surface area contributed by atoms with Gasteiger partial charge < -0.3 is 4.90 Å². The van der Waals surface area contributed by atoms with E-state index in [1.54, 1.807) is 23.3 Å². The average Bonchev–Trinajstić information content (AvgIpc) is 3.10. The van der Waals surface area contributed by atoms with Gasteiger partial charge in [-0.05, 0) is 86.0 Å². The zero-order valence-corrected chi connectivity index (χ0v) is 13.3. The molecule has 1 saturated carbocycles. The maximum absolute atomic E-state index is 13.4. The van der Waals surface area contributed by atoms with E-state index in [2.05, 4.69) is 25.1 Å². The number of likely N-dealkylation sites (N-methyl/N-ethyl adjacent to an activating group) is 1. The Bertz CT molecular complexity index is 728. The molecule has 0 amide bonds. The van der Waals surface area contributed by atoms with E-state index in [4.69, 9.17) is 0 Å². The summed E-state index contributed by atoms with van der Waals surface area (Å²) in [6, 6.07) is 7.35. The molecule has 0 radical (unpaired) electrons. The number of thiophene rings is 1. The fourth-order valence-electron chi connectivity index (χ4n) is 4.10. The molecule has 1 nitrogen and oxygen atoms in total. The third-order valence-electron chi connectivity index (χ3n) is 4.91. The van der Waals surface area contributed by atoms with Crippen molar-refractivity contribution in [2.75, 3.05) is 20.6 Å². The van der Waals surface area contributed by atoms with E-state index in [9.17, 15) is 4.39 Å². The summed E-state index contributed by atoms with van der Waals surface area (Å²) in [4.78, 5) is 3.66. The molecule has 4 rings (SSSR count). The van der Waals surface area contributed by atoms with Gasteiger partial charge in [-0.2, -0.15) is 0 Å². The van der Waals surface area contributed by atoms with Crippen LogP contribution in [0.25, 0.3) is 15.7 Å². The summed E-state index contributed by atoms with van der Waals surface area (Å²) in [6.07, 6.45) is 4.03. The van der Waals surface area contributed by atoms with E-state index in [0.29, 0.717) is 0 Å². The summed E-state index contributed by atoms with van der Waals surface area (Å²) in [5.74, 6) is 1.39. The number of fused-ring (bicyclic) bond motifs is 3. The normalized spacial score (nSPS) is 24.8. The molecule has 2 aliphatic rings. The van der Waals surface area contributed by atoms with Gasteiger partial charge in [-0.25, -0.2) is 4.39 Å². The van der Waals surface area contributed by atoms with Crippen LogP contribution in [0.1, 0.15) is 24.1 Å². The molecule has 1 aromatic carbocycles. The topological polar surface area (TPSA) is 3.24 Å². The third-order valence-corrected chi connectivity index (χ3v) is 6.06. The minimum atomic E-state index is -0.137. The Morgan fingerprint density at radius 2 is 2.00 bits per heavy atom. The van der Waals surface area contributed by atoms with Crippen LogP contribution < -0.4 is 0 Å². The van der Waals surface area contributed by atoms with Gasteiger partial charge in [0.1, 0.15) is 5.82 Å². The Balaban J connectivity index is 1.83. The number of nitrogens with zero attached hydrogens (tertiary/aromatic N) is 1. The fourth-order valence-corrected chi connectivity index (χ4v) is 5.31. The van der Waals surface area contributed by atoms with E-state index in [1.165, 1.54) is 28.8 Å². The molecule has 2 bridgehead atoms. The Kier molecular flexibility index (Phi) is 3.16. The van der Waals surface area contributed by atoms with Crippen molar-refractivity contribution in [2.24, 2.45) is 11.8 Å². The maximum atomic E-state index is 13.4. The number of halogens is 1. The zero-order valence-electron chi connectivity index (χ0n) is 12.5. The van der Waals surface area contributed by atoms with Gasteiger partial charge in [-0.1, -0.05) is 0 Å². The van der Waals surface area contributed by atoms with E-state index in [0.717, 1.165) is 23.8 Å². The highest BCUT2D eigenvalue weighted by molar-refractivity contribution is 7.20. The van der Waals surface area contributed by atoms with E-state index < -0.39 is 0 Å². The Morgan fingerprint density at radius 3 is 2.81 bits per heavy atom. The van der Waals surface area contributed by atoms with Crippen LogP contribution in [-0.2, 0) is 0 Å². The van der Waals surface area contributed by atoms with Gasteiger partial charge in [0.05, 0.1) is 0 Å². The van der Waals surface area contributed by atoms with Crippen LogP contribution in [0, 0.1) is 17.7 Å². The quantitative estimate of drug-likeness (QED) is 0.788. The first-order valence-corrected chi connectivity index (χ1v) is 8.50. The van der Waals surface area contributed by atoms with Crippen LogP contribution in [0.3, 0.4) is 0 Å². The predicted molar refractivity (Wildman–Crippen MR) is 88.1 cm³/mol. The first kappa shape index (κ1) is 13.5. The van der Waals surface area contributed by atoms with Crippen LogP contribution >= 0.6 is 11.3 Å². The van der Waals surface area contributed by atoms with Gasteiger partial charge in [0.2, 0.25) is 0 Å². The van der Waals surface area contributed by atoms with Crippen molar-refractivity contribution in [1.82, 2.24) is 4.90 Å². The van der Waals surface area contributed by atoms with Crippen molar-refractivity contribution in [1.29, 1.82) is 0 Å². The largest absolute Gasteiger partial charge is 0.305 e. The lowest BCUT2D eigenvalue weighted by Crippen LogP contribution is -2.19. The second-order valence-corrected chi connectivity index (χ2v) is 7.76. The standard InChI is InChI=1S/C18H20FNS/c1-20(2)10-15-11-3-4-12(7-11)18(15)17-9-13-8-14(19)5-6-16(13)21-17/h5-6,8-9,11-12H,3-4,7,10H2,1-2H3. The molecule has 0 N–H and O–H groups in total. The van der Waals surface area contributed by atoms with Crippen LogP contribution in [0.5, 0.6) is 0 Å². The molecule has 21 heavy (non-hydrogen) atoms. The minimum absolute atomic E-state index is 0.137. The lowest BCUT2D eigenvalue weighted by atomic mass is 9.90. The summed E-state index contributed by atoms with van der Waals surface area (Å²) in [5.41, 5.74) is 3.23. The molecule has 110 valence electrons. The van der Waals surface area contributed by atoms with Gasteiger partial charge in [0.15, 0.2) is 0 Å². The smallest absolute Gasteiger partial charge is 0.123 e. The van der Waals surface area contributed by atoms with Crippen LogP contribution in [0.15, 0.2) is 29.8 Å². The highest BCUT2D eigenvalue weighted by Gasteiger charge is 2.39. The molecule has 0 aliphatic heterocycles. The maximum Gasteiger partial charge on any atom is 0.123 e. The van der Waals surface area contributed by atoms with Crippen molar-refractivity contribution >= 4 is 27.0 Å². The summed E-state index contributed by atoms with van der Waals surface area (Å²) in [6.45, 7) is 1.07. The number of hydrogen-bond donors (Lipinski definition) is 0. The number of allylic oxidation sites excluding steroid dienone is 1. The summed E-state index contributed by atoms with van der Waals surface area (Å²) < 4.78 is 14.6. The molecular weight excluding hydrogens is 281 g/mol. The van der Waals surface area contributed by atoms with Gasteiger partial charge in [-0.3, -0.25) is 0 Å². The molecule has 1 aromatic heterocycles. The third kappa shape index (κ3) is 2.23. The highest BCUT2D eigenvalue weighted by Crippen LogP contribution is 2.54. The first-order valence-electron chi connectivity index (χ1n) is 7.69. The van der Waals surface area contributed by atoms with Gasteiger partial charge >= 0.3 is 0 Å². The van der Waals surface area contributed by atoms with Gasteiger partial charge in [0.25, 0.3) is 0 Å². The Labute approximate surface area is 129 Å². The van der Waals surface area contributed by atoms with Crippen molar-refractivity contribution < 1.29 is 4.39 Å². The fraction of sp³-hybridized carbons (Fsp3) is 0.444. The second-order valence-electron chi connectivity index (χ2n) is 6.68. The average molecular weight is 301 g/mol. The van der Waals surface area contributed by atoms with Crippen LogP contribution in [-0.4, -0.2) is 25.5 Å². The molecule has 2 aromatic rings. The van der Waals surface area contributed by atoms with E-state index in [1.807, 2.05) is 17.4 Å². The molecule has 1 heterocycles.